The molecule has 2 rings (SSSR count). The summed E-state index contributed by atoms with van der Waals surface area (Å²) < 4.78 is 5.76. The van der Waals surface area contributed by atoms with Gasteiger partial charge in [0.15, 0.2) is 0 Å². The molecular formula is C19H32N2O. The number of hydrogen-bond acceptors (Lipinski definition) is 3. The van der Waals surface area contributed by atoms with E-state index in [9.17, 15) is 0 Å². The van der Waals surface area contributed by atoms with E-state index in [1.54, 1.807) is 0 Å². The minimum Gasteiger partial charge on any atom is -0.377 e. The molecule has 1 aliphatic heterocycles. The highest BCUT2D eigenvalue weighted by Crippen LogP contribution is 2.22. The highest BCUT2D eigenvalue weighted by atomic mass is 16.5. The van der Waals surface area contributed by atoms with E-state index in [1.165, 1.54) is 57.3 Å². The highest BCUT2D eigenvalue weighted by Gasteiger charge is 2.18. The van der Waals surface area contributed by atoms with Gasteiger partial charge in [0.2, 0.25) is 0 Å². The fourth-order valence-corrected chi connectivity index (χ4v) is 3.23. The molecule has 0 saturated carbocycles. The lowest BCUT2D eigenvalue weighted by atomic mass is 9.91. The van der Waals surface area contributed by atoms with E-state index in [2.05, 4.69) is 29.2 Å². The quantitative estimate of drug-likeness (QED) is 0.673. The van der Waals surface area contributed by atoms with Crippen LogP contribution < -0.4 is 5.73 Å². The molecule has 124 valence electrons. The molecule has 2 N–H and O–H groups in total. The summed E-state index contributed by atoms with van der Waals surface area (Å²) in [6.45, 7) is 6.18. The number of piperidine rings is 1. The van der Waals surface area contributed by atoms with Gasteiger partial charge in [0.25, 0.3) is 0 Å². The summed E-state index contributed by atoms with van der Waals surface area (Å²) in [7, 11) is 0. The molecule has 0 aliphatic carbocycles. The van der Waals surface area contributed by atoms with E-state index in [0.717, 1.165) is 32.1 Å². The van der Waals surface area contributed by atoms with Gasteiger partial charge in [-0.1, -0.05) is 43.2 Å². The van der Waals surface area contributed by atoms with Crippen LogP contribution >= 0.6 is 0 Å². The number of nitrogens with zero attached hydrogens (tertiary/aromatic N) is 1. The third kappa shape index (κ3) is 6.91. The first-order valence-corrected chi connectivity index (χ1v) is 8.92. The molecule has 1 saturated heterocycles. The molecule has 22 heavy (non-hydrogen) atoms. The molecule has 0 bridgehead atoms. The van der Waals surface area contributed by atoms with Gasteiger partial charge in [-0.2, -0.15) is 0 Å². The largest absolute Gasteiger partial charge is 0.377 e. The van der Waals surface area contributed by atoms with E-state index in [0.29, 0.717) is 0 Å². The van der Waals surface area contributed by atoms with Crippen LogP contribution in [-0.2, 0) is 11.3 Å². The number of hydrogen-bond donors (Lipinski definition) is 1. The molecule has 0 spiro atoms. The molecule has 1 fully saturated rings. The predicted octanol–water partition coefficient (Wildman–Crippen LogP) is 3.43. The summed E-state index contributed by atoms with van der Waals surface area (Å²) >= 11 is 0. The molecule has 1 aromatic carbocycles. The molecule has 1 aliphatic rings. The van der Waals surface area contributed by atoms with Gasteiger partial charge in [-0.15, -0.1) is 0 Å². The summed E-state index contributed by atoms with van der Waals surface area (Å²) in [5.74, 6) is 0.942. The van der Waals surface area contributed by atoms with Gasteiger partial charge in [-0.3, -0.25) is 0 Å². The fourth-order valence-electron chi connectivity index (χ4n) is 3.23. The summed E-state index contributed by atoms with van der Waals surface area (Å²) in [6, 6.07) is 10.4. The SMILES string of the molecule is NCCCCC1CCN(CCCOCc2ccccc2)CC1. The van der Waals surface area contributed by atoms with Crippen molar-refractivity contribution in [2.45, 2.75) is 45.1 Å². The Morgan fingerprint density at radius 2 is 1.82 bits per heavy atom. The van der Waals surface area contributed by atoms with Crippen molar-refractivity contribution in [2.75, 3.05) is 32.8 Å². The summed E-state index contributed by atoms with van der Waals surface area (Å²) in [4.78, 5) is 2.60. The number of rotatable bonds is 10. The fraction of sp³-hybridized carbons (Fsp3) is 0.684. The van der Waals surface area contributed by atoms with Gasteiger partial charge in [-0.25, -0.2) is 0 Å². The van der Waals surface area contributed by atoms with Gasteiger partial charge < -0.3 is 15.4 Å². The molecule has 3 heteroatoms. The maximum atomic E-state index is 5.76. The van der Waals surface area contributed by atoms with Crippen LogP contribution in [0.3, 0.4) is 0 Å². The first kappa shape index (κ1) is 17.5. The van der Waals surface area contributed by atoms with Gasteiger partial charge in [-0.05, 0) is 56.8 Å². The van der Waals surface area contributed by atoms with E-state index < -0.39 is 0 Å². The number of unbranched alkanes of at least 4 members (excludes halogenated alkanes) is 1. The first-order chi connectivity index (χ1) is 10.9. The number of benzene rings is 1. The van der Waals surface area contributed by atoms with E-state index in [1.807, 2.05) is 6.07 Å². The van der Waals surface area contributed by atoms with Crippen molar-refractivity contribution in [2.24, 2.45) is 11.7 Å². The average molecular weight is 304 g/mol. The average Bonchev–Trinajstić information content (AvgIpc) is 2.57. The summed E-state index contributed by atoms with van der Waals surface area (Å²) in [6.07, 6.45) is 7.77. The Morgan fingerprint density at radius 1 is 1.05 bits per heavy atom. The second-order valence-corrected chi connectivity index (χ2v) is 6.46. The van der Waals surface area contributed by atoms with Crippen LogP contribution in [0.5, 0.6) is 0 Å². The molecule has 0 amide bonds. The zero-order valence-corrected chi connectivity index (χ0v) is 13.9. The van der Waals surface area contributed by atoms with Gasteiger partial charge >= 0.3 is 0 Å². The summed E-state index contributed by atoms with van der Waals surface area (Å²) in [5, 5.41) is 0. The second-order valence-electron chi connectivity index (χ2n) is 6.46. The first-order valence-electron chi connectivity index (χ1n) is 8.92. The third-order valence-electron chi connectivity index (χ3n) is 4.65. The Balaban J connectivity index is 1.47. The van der Waals surface area contributed by atoms with Crippen molar-refractivity contribution in [3.05, 3.63) is 35.9 Å². The topological polar surface area (TPSA) is 38.5 Å². The second kappa shape index (κ2) is 10.8. The molecule has 1 aromatic rings. The normalized spacial score (nSPS) is 17.0. The van der Waals surface area contributed by atoms with Crippen molar-refractivity contribution < 1.29 is 4.74 Å². The Labute approximate surface area is 135 Å². The highest BCUT2D eigenvalue weighted by molar-refractivity contribution is 5.13. The zero-order valence-electron chi connectivity index (χ0n) is 13.9. The molecule has 0 unspecified atom stereocenters. The zero-order chi connectivity index (χ0) is 15.5. The molecule has 0 atom stereocenters. The van der Waals surface area contributed by atoms with Crippen LogP contribution in [0, 0.1) is 5.92 Å². The number of ether oxygens (including phenoxy) is 1. The number of nitrogens with two attached hydrogens (primary N) is 1. The third-order valence-corrected chi connectivity index (χ3v) is 4.65. The van der Waals surface area contributed by atoms with Crippen molar-refractivity contribution in [3.63, 3.8) is 0 Å². The van der Waals surface area contributed by atoms with Crippen LogP contribution in [-0.4, -0.2) is 37.7 Å². The van der Waals surface area contributed by atoms with Crippen molar-refractivity contribution in [1.82, 2.24) is 4.90 Å². The van der Waals surface area contributed by atoms with Crippen LogP contribution in [0.15, 0.2) is 30.3 Å². The van der Waals surface area contributed by atoms with E-state index in [-0.39, 0.29) is 0 Å². The lowest BCUT2D eigenvalue weighted by Crippen LogP contribution is -2.34. The van der Waals surface area contributed by atoms with Crippen molar-refractivity contribution >= 4 is 0 Å². The van der Waals surface area contributed by atoms with Crippen LogP contribution in [0.4, 0.5) is 0 Å². The molecular weight excluding hydrogens is 272 g/mol. The standard InChI is InChI=1S/C19H32N2O/c20-12-5-4-7-18-10-14-21(15-11-18)13-6-16-22-17-19-8-2-1-3-9-19/h1-3,8-9,18H,4-7,10-17,20H2. The molecule has 0 radical (unpaired) electrons. The Bertz CT molecular complexity index is 374. The van der Waals surface area contributed by atoms with E-state index >= 15 is 0 Å². The molecule has 1 heterocycles. The predicted molar refractivity (Wildman–Crippen MR) is 92.8 cm³/mol. The smallest absolute Gasteiger partial charge is 0.0716 e. The maximum Gasteiger partial charge on any atom is 0.0716 e. The monoisotopic (exact) mass is 304 g/mol. The van der Waals surface area contributed by atoms with Gasteiger partial charge in [0.05, 0.1) is 6.61 Å². The number of likely N-dealkylation sites (tertiary alicyclic amines) is 1. The molecule has 3 nitrogen and oxygen atoms in total. The van der Waals surface area contributed by atoms with Gasteiger partial charge in [0, 0.05) is 13.2 Å². The van der Waals surface area contributed by atoms with Crippen LogP contribution in [0.1, 0.15) is 44.1 Å². The van der Waals surface area contributed by atoms with Crippen LogP contribution in [0.25, 0.3) is 0 Å². The van der Waals surface area contributed by atoms with E-state index in [4.69, 9.17) is 10.5 Å². The Morgan fingerprint density at radius 3 is 2.55 bits per heavy atom. The minimum absolute atomic E-state index is 0.740. The molecule has 0 aromatic heterocycles. The van der Waals surface area contributed by atoms with Crippen molar-refractivity contribution in [1.29, 1.82) is 0 Å². The maximum absolute atomic E-state index is 5.76. The van der Waals surface area contributed by atoms with Crippen molar-refractivity contribution in [3.8, 4) is 0 Å². The Kier molecular flexibility index (Phi) is 8.54. The Hall–Kier alpha value is -0.900. The summed E-state index contributed by atoms with van der Waals surface area (Å²) in [5.41, 5.74) is 6.83. The van der Waals surface area contributed by atoms with Gasteiger partial charge in [0.1, 0.15) is 0 Å². The lowest BCUT2D eigenvalue weighted by molar-refractivity contribution is 0.100. The minimum atomic E-state index is 0.740. The lowest BCUT2D eigenvalue weighted by Gasteiger charge is -2.32. The van der Waals surface area contributed by atoms with Crippen LogP contribution in [0.2, 0.25) is 0 Å².